The zero-order chi connectivity index (χ0) is 5.98. The van der Waals surface area contributed by atoms with Crippen LogP contribution in [0.15, 0.2) is 10.6 Å². The Balaban J connectivity index is 2.84. The Labute approximate surface area is 48.5 Å². The summed E-state index contributed by atoms with van der Waals surface area (Å²) in [6.07, 6.45) is 0.706. The lowest BCUT2D eigenvalue weighted by atomic mass is 10.3. The van der Waals surface area contributed by atoms with Gasteiger partial charge < -0.3 is 4.52 Å². The fraction of sp³-hybridized carbons (Fsp3) is 0.333. The van der Waals surface area contributed by atoms with Crippen molar-refractivity contribution in [3.05, 3.63) is 24.4 Å². The molecule has 0 saturated carbocycles. The Morgan fingerprint density at radius 2 is 2.62 bits per heavy atom. The van der Waals surface area contributed by atoms with Gasteiger partial charge in [-0.2, -0.15) is 0 Å². The maximum Gasteiger partial charge on any atom is 0.134 e. The molecule has 0 aliphatic heterocycles. The molecular weight excluding hydrogens is 102 g/mol. The number of rotatable bonds is 1. The van der Waals surface area contributed by atoms with Crippen molar-refractivity contribution >= 4 is 0 Å². The Hall–Kier alpha value is -0.920. The van der Waals surface area contributed by atoms with Crippen LogP contribution in [0.25, 0.3) is 0 Å². The van der Waals surface area contributed by atoms with E-state index in [1.807, 2.05) is 13.0 Å². The highest BCUT2D eigenvalue weighted by atomic mass is 16.5. The van der Waals surface area contributed by atoms with Crippen LogP contribution in [0.5, 0.6) is 0 Å². The summed E-state index contributed by atoms with van der Waals surface area (Å²) in [5.41, 5.74) is 0.919. The summed E-state index contributed by atoms with van der Waals surface area (Å²) in [7, 11) is 0. The predicted octanol–water partition coefficient (Wildman–Crippen LogP) is 1.36. The van der Waals surface area contributed by atoms with E-state index in [0.717, 1.165) is 11.5 Å². The third kappa shape index (κ3) is 0.832. The van der Waals surface area contributed by atoms with Crippen molar-refractivity contribution in [2.24, 2.45) is 0 Å². The lowest BCUT2D eigenvalue weighted by molar-refractivity contribution is 0.392. The molecule has 0 atom stereocenters. The van der Waals surface area contributed by atoms with Crippen molar-refractivity contribution in [1.82, 2.24) is 5.16 Å². The van der Waals surface area contributed by atoms with Gasteiger partial charge >= 0.3 is 0 Å². The van der Waals surface area contributed by atoms with Crippen molar-refractivity contribution in [3.8, 4) is 0 Å². The minimum absolute atomic E-state index is 0.706. The van der Waals surface area contributed by atoms with Gasteiger partial charge in [-0.15, -0.1) is 0 Å². The predicted molar refractivity (Wildman–Crippen MR) is 30.3 cm³/mol. The first-order valence-corrected chi connectivity index (χ1v) is 2.54. The van der Waals surface area contributed by atoms with Gasteiger partial charge in [0.25, 0.3) is 0 Å². The number of hydrogen-bond acceptors (Lipinski definition) is 2. The van der Waals surface area contributed by atoms with E-state index in [-0.39, 0.29) is 0 Å². The minimum atomic E-state index is 0.706. The van der Waals surface area contributed by atoms with E-state index in [0.29, 0.717) is 6.42 Å². The molecule has 0 saturated heterocycles. The average Bonchev–Trinajstić information content (AvgIpc) is 2.14. The van der Waals surface area contributed by atoms with E-state index in [9.17, 15) is 0 Å². The van der Waals surface area contributed by atoms with Crippen molar-refractivity contribution in [2.45, 2.75) is 13.3 Å². The molecule has 0 spiro atoms. The fourth-order valence-corrected chi connectivity index (χ4v) is 0.536. The molecule has 1 aromatic heterocycles. The molecule has 1 rings (SSSR count). The first-order chi connectivity index (χ1) is 3.83. The molecule has 2 nitrogen and oxygen atoms in total. The van der Waals surface area contributed by atoms with Crippen LogP contribution >= 0.6 is 0 Å². The number of hydrogen-bond donors (Lipinski definition) is 0. The summed E-state index contributed by atoms with van der Waals surface area (Å²) >= 11 is 0. The van der Waals surface area contributed by atoms with Crippen molar-refractivity contribution in [3.63, 3.8) is 0 Å². The zero-order valence-electron chi connectivity index (χ0n) is 4.85. The lowest BCUT2D eigenvalue weighted by Crippen LogP contribution is -1.74. The Bertz CT molecular complexity index is 169. The summed E-state index contributed by atoms with van der Waals surface area (Å²) in [6, 6.07) is 1.88. The second-order valence-corrected chi connectivity index (χ2v) is 1.68. The molecule has 2 heteroatoms. The summed E-state index contributed by atoms with van der Waals surface area (Å²) in [5.74, 6) is 0.851. The Morgan fingerprint density at radius 3 is 2.88 bits per heavy atom. The highest BCUT2D eigenvalue weighted by Gasteiger charge is 1.97. The lowest BCUT2D eigenvalue weighted by Gasteiger charge is -1.68. The van der Waals surface area contributed by atoms with Crippen molar-refractivity contribution in [2.75, 3.05) is 0 Å². The van der Waals surface area contributed by atoms with Gasteiger partial charge in [0.15, 0.2) is 0 Å². The van der Waals surface area contributed by atoms with Gasteiger partial charge in [-0.1, -0.05) is 5.16 Å². The quantitative estimate of drug-likeness (QED) is 0.510. The molecule has 0 bridgehead atoms. The standard InChI is InChI=1S/C6H8NO/c1-3-6-4-5(2)8-7-6/h4H,1,3H2,2H3/q+1. The number of aryl methyl sites for hydroxylation is 1. The fourth-order valence-electron chi connectivity index (χ4n) is 0.536. The highest BCUT2D eigenvalue weighted by molar-refractivity contribution is 5.03. The second kappa shape index (κ2) is 1.90. The summed E-state index contributed by atoms with van der Waals surface area (Å²) in [4.78, 5) is 0. The van der Waals surface area contributed by atoms with Crippen LogP contribution in [0.1, 0.15) is 11.5 Å². The Kier molecular flexibility index (Phi) is 1.24. The van der Waals surface area contributed by atoms with Crippen LogP contribution in [-0.2, 0) is 6.42 Å². The molecular formula is C6H8NO+. The summed E-state index contributed by atoms with van der Waals surface area (Å²) in [6.45, 7) is 5.51. The van der Waals surface area contributed by atoms with Crippen LogP contribution in [0.4, 0.5) is 0 Å². The van der Waals surface area contributed by atoms with Crippen molar-refractivity contribution < 1.29 is 4.52 Å². The average molecular weight is 110 g/mol. The molecule has 0 unspecified atom stereocenters. The Morgan fingerprint density at radius 1 is 1.88 bits per heavy atom. The summed E-state index contributed by atoms with van der Waals surface area (Å²) < 4.78 is 4.77. The molecule has 0 amide bonds. The van der Waals surface area contributed by atoms with E-state index in [2.05, 4.69) is 12.1 Å². The van der Waals surface area contributed by atoms with E-state index >= 15 is 0 Å². The van der Waals surface area contributed by atoms with Crippen LogP contribution in [0.2, 0.25) is 0 Å². The topological polar surface area (TPSA) is 26.0 Å². The van der Waals surface area contributed by atoms with Crippen LogP contribution in [0, 0.1) is 13.8 Å². The van der Waals surface area contributed by atoms with Gasteiger partial charge in [0.05, 0.1) is 6.92 Å². The molecule has 0 fully saturated rings. The molecule has 42 valence electrons. The zero-order valence-corrected chi connectivity index (χ0v) is 4.85. The molecule has 1 heterocycles. The first kappa shape index (κ1) is 5.22. The van der Waals surface area contributed by atoms with Gasteiger partial charge in [-0.25, -0.2) is 0 Å². The van der Waals surface area contributed by atoms with E-state index in [1.165, 1.54) is 0 Å². The van der Waals surface area contributed by atoms with E-state index < -0.39 is 0 Å². The van der Waals surface area contributed by atoms with Gasteiger partial charge in [-0.3, -0.25) is 0 Å². The minimum Gasteiger partial charge on any atom is -0.361 e. The smallest absolute Gasteiger partial charge is 0.134 e. The molecule has 1 aromatic rings. The van der Waals surface area contributed by atoms with Gasteiger partial charge in [0.1, 0.15) is 17.9 Å². The van der Waals surface area contributed by atoms with Gasteiger partial charge in [0.2, 0.25) is 0 Å². The second-order valence-electron chi connectivity index (χ2n) is 1.68. The maximum atomic E-state index is 4.77. The van der Waals surface area contributed by atoms with Crippen molar-refractivity contribution in [1.29, 1.82) is 0 Å². The van der Waals surface area contributed by atoms with Crippen LogP contribution in [-0.4, -0.2) is 5.16 Å². The molecule has 0 radical (unpaired) electrons. The largest absolute Gasteiger partial charge is 0.361 e. The number of nitrogens with zero attached hydrogens (tertiary/aromatic N) is 1. The SMILES string of the molecule is [CH2+]Cc1cc(C)on1. The highest BCUT2D eigenvalue weighted by Crippen LogP contribution is 2.00. The van der Waals surface area contributed by atoms with Gasteiger partial charge in [0, 0.05) is 6.07 Å². The third-order valence-corrected chi connectivity index (χ3v) is 0.933. The van der Waals surface area contributed by atoms with E-state index in [1.54, 1.807) is 0 Å². The number of aromatic nitrogens is 1. The van der Waals surface area contributed by atoms with Crippen LogP contribution in [0.3, 0.4) is 0 Å². The van der Waals surface area contributed by atoms with Gasteiger partial charge in [-0.05, 0) is 6.92 Å². The maximum absolute atomic E-state index is 4.77. The summed E-state index contributed by atoms with van der Waals surface area (Å²) in [5, 5.41) is 3.70. The van der Waals surface area contributed by atoms with Crippen LogP contribution < -0.4 is 0 Å². The normalized spacial score (nSPS) is 9.62. The molecule has 0 aliphatic rings. The molecule has 0 N–H and O–H groups in total. The third-order valence-electron chi connectivity index (χ3n) is 0.933. The van der Waals surface area contributed by atoms with E-state index in [4.69, 9.17) is 4.52 Å². The molecule has 0 aromatic carbocycles. The molecule has 8 heavy (non-hydrogen) atoms. The monoisotopic (exact) mass is 110 g/mol. The first-order valence-electron chi connectivity index (χ1n) is 2.54. The molecule has 0 aliphatic carbocycles.